The largest absolute Gasteiger partial charge is 0.497 e. The van der Waals surface area contributed by atoms with E-state index in [2.05, 4.69) is 4.98 Å². The Balaban J connectivity index is 2.40. The second-order valence-corrected chi connectivity index (χ2v) is 4.36. The summed E-state index contributed by atoms with van der Waals surface area (Å²) in [7, 11) is 7.26. The van der Waals surface area contributed by atoms with Gasteiger partial charge in [-0.3, -0.25) is 4.98 Å². The fraction of sp³-hybridized carbons (Fsp3) is 0.267. The second kappa shape index (κ2) is 5.61. The SMILES string of the molecule is COc1ccc(-c2ccc(N(C)C)cn2)c(OC)c1. The maximum Gasteiger partial charge on any atom is 0.131 e. The number of nitrogens with zero attached hydrogens (tertiary/aromatic N) is 2. The molecular formula is C15H18N2O2. The number of ether oxygens (including phenoxy) is 2. The highest BCUT2D eigenvalue weighted by Gasteiger charge is 2.08. The summed E-state index contributed by atoms with van der Waals surface area (Å²) >= 11 is 0. The Bertz CT molecular complexity index is 551. The van der Waals surface area contributed by atoms with E-state index in [1.807, 2.05) is 55.5 Å². The van der Waals surface area contributed by atoms with Crippen molar-refractivity contribution < 1.29 is 9.47 Å². The number of rotatable bonds is 4. The van der Waals surface area contributed by atoms with Crippen LogP contribution >= 0.6 is 0 Å². The van der Waals surface area contributed by atoms with Crippen LogP contribution in [-0.2, 0) is 0 Å². The van der Waals surface area contributed by atoms with Crippen molar-refractivity contribution in [1.82, 2.24) is 4.98 Å². The molecule has 0 fully saturated rings. The quantitative estimate of drug-likeness (QED) is 0.844. The Labute approximate surface area is 113 Å². The van der Waals surface area contributed by atoms with E-state index in [-0.39, 0.29) is 0 Å². The van der Waals surface area contributed by atoms with Crippen LogP contribution in [0, 0.1) is 0 Å². The van der Waals surface area contributed by atoms with Crippen LogP contribution in [0.15, 0.2) is 36.5 Å². The minimum atomic E-state index is 0.754. The molecule has 0 amide bonds. The standard InChI is InChI=1S/C15H18N2O2/c1-17(2)11-5-8-14(16-10-11)13-7-6-12(18-3)9-15(13)19-4/h5-10H,1-4H3. The van der Waals surface area contributed by atoms with Crippen molar-refractivity contribution in [2.75, 3.05) is 33.2 Å². The van der Waals surface area contributed by atoms with Gasteiger partial charge in [0.05, 0.1) is 31.8 Å². The average molecular weight is 258 g/mol. The van der Waals surface area contributed by atoms with Gasteiger partial charge in [-0.05, 0) is 24.3 Å². The molecule has 19 heavy (non-hydrogen) atoms. The van der Waals surface area contributed by atoms with Crippen LogP contribution in [0.3, 0.4) is 0 Å². The first kappa shape index (κ1) is 13.2. The van der Waals surface area contributed by atoms with E-state index >= 15 is 0 Å². The molecule has 0 spiro atoms. The van der Waals surface area contributed by atoms with Crippen LogP contribution in [0.1, 0.15) is 0 Å². The van der Waals surface area contributed by atoms with Crippen LogP contribution in [-0.4, -0.2) is 33.3 Å². The summed E-state index contributed by atoms with van der Waals surface area (Å²) in [6, 6.07) is 9.73. The monoisotopic (exact) mass is 258 g/mol. The van der Waals surface area contributed by atoms with Crippen molar-refractivity contribution in [3.63, 3.8) is 0 Å². The predicted molar refractivity (Wildman–Crippen MR) is 77.1 cm³/mol. The molecule has 0 bridgehead atoms. The van der Waals surface area contributed by atoms with Crippen molar-refractivity contribution >= 4 is 5.69 Å². The van der Waals surface area contributed by atoms with Gasteiger partial charge in [-0.2, -0.15) is 0 Å². The summed E-state index contributed by atoms with van der Waals surface area (Å²) in [5, 5.41) is 0. The smallest absolute Gasteiger partial charge is 0.131 e. The predicted octanol–water partition coefficient (Wildman–Crippen LogP) is 2.83. The zero-order valence-electron chi connectivity index (χ0n) is 11.7. The zero-order chi connectivity index (χ0) is 13.8. The molecule has 0 radical (unpaired) electrons. The van der Waals surface area contributed by atoms with Crippen LogP contribution in [0.25, 0.3) is 11.3 Å². The highest BCUT2D eigenvalue weighted by molar-refractivity contribution is 5.69. The first-order valence-electron chi connectivity index (χ1n) is 6.01. The summed E-state index contributed by atoms with van der Waals surface area (Å²) in [6.07, 6.45) is 1.85. The Morgan fingerprint density at radius 1 is 1.00 bits per heavy atom. The maximum absolute atomic E-state index is 5.39. The third kappa shape index (κ3) is 2.78. The highest BCUT2D eigenvalue weighted by atomic mass is 16.5. The van der Waals surface area contributed by atoms with E-state index < -0.39 is 0 Å². The minimum absolute atomic E-state index is 0.754. The topological polar surface area (TPSA) is 34.6 Å². The van der Waals surface area contributed by atoms with Crippen LogP contribution in [0.5, 0.6) is 11.5 Å². The minimum Gasteiger partial charge on any atom is -0.497 e. The Kier molecular flexibility index (Phi) is 3.90. The average Bonchev–Trinajstić information content (AvgIpc) is 2.46. The molecule has 4 nitrogen and oxygen atoms in total. The number of methoxy groups -OCH3 is 2. The number of benzene rings is 1. The molecule has 2 aromatic rings. The van der Waals surface area contributed by atoms with Crippen LogP contribution in [0.2, 0.25) is 0 Å². The molecule has 0 atom stereocenters. The number of hydrogen-bond donors (Lipinski definition) is 0. The van der Waals surface area contributed by atoms with Gasteiger partial charge < -0.3 is 14.4 Å². The summed E-state index contributed by atoms with van der Waals surface area (Å²) in [5.74, 6) is 1.52. The molecule has 1 heterocycles. The van der Waals surface area contributed by atoms with Crippen molar-refractivity contribution in [3.8, 4) is 22.8 Å². The van der Waals surface area contributed by atoms with Gasteiger partial charge in [-0.15, -0.1) is 0 Å². The number of anilines is 1. The zero-order valence-corrected chi connectivity index (χ0v) is 11.7. The van der Waals surface area contributed by atoms with Crippen molar-refractivity contribution in [2.45, 2.75) is 0 Å². The normalized spacial score (nSPS) is 10.1. The van der Waals surface area contributed by atoms with E-state index in [4.69, 9.17) is 9.47 Å². The van der Waals surface area contributed by atoms with Gasteiger partial charge in [-0.1, -0.05) is 0 Å². The third-order valence-electron chi connectivity index (χ3n) is 2.95. The molecule has 0 unspecified atom stereocenters. The summed E-state index contributed by atoms with van der Waals surface area (Å²) in [6.45, 7) is 0. The van der Waals surface area contributed by atoms with E-state index in [9.17, 15) is 0 Å². The maximum atomic E-state index is 5.39. The number of aromatic nitrogens is 1. The Morgan fingerprint density at radius 2 is 1.79 bits per heavy atom. The fourth-order valence-corrected chi connectivity index (χ4v) is 1.82. The lowest BCUT2D eigenvalue weighted by molar-refractivity contribution is 0.395. The molecule has 0 aliphatic heterocycles. The molecule has 100 valence electrons. The van der Waals surface area contributed by atoms with Crippen LogP contribution in [0.4, 0.5) is 5.69 Å². The molecule has 0 saturated carbocycles. The highest BCUT2D eigenvalue weighted by Crippen LogP contribution is 2.32. The van der Waals surface area contributed by atoms with E-state index in [0.717, 1.165) is 28.4 Å². The molecule has 4 heteroatoms. The lowest BCUT2D eigenvalue weighted by Gasteiger charge is -2.13. The van der Waals surface area contributed by atoms with Gasteiger partial charge in [-0.25, -0.2) is 0 Å². The van der Waals surface area contributed by atoms with E-state index in [1.165, 1.54) is 0 Å². The lowest BCUT2D eigenvalue weighted by atomic mass is 10.1. The van der Waals surface area contributed by atoms with Gasteiger partial charge in [0.2, 0.25) is 0 Å². The van der Waals surface area contributed by atoms with E-state index in [0.29, 0.717) is 0 Å². The molecule has 1 aromatic heterocycles. The molecule has 2 rings (SSSR count). The van der Waals surface area contributed by atoms with Gasteiger partial charge in [0, 0.05) is 25.7 Å². The van der Waals surface area contributed by atoms with Crippen molar-refractivity contribution in [3.05, 3.63) is 36.5 Å². The first-order chi connectivity index (χ1) is 9.15. The third-order valence-corrected chi connectivity index (χ3v) is 2.95. The Morgan fingerprint density at radius 3 is 2.32 bits per heavy atom. The lowest BCUT2D eigenvalue weighted by Crippen LogP contribution is -2.08. The van der Waals surface area contributed by atoms with Gasteiger partial charge in [0.25, 0.3) is 0 Å². The molecule has 0 N–H and O–H groups in total. The summed E-state index contributed by atoms with van der Waals surface area (Å²) in [5.41, 5.74) is 2.90. The van der Waals surface area contributed by atoms with Gasteiger partial charge in [0.1, 0.15) is 11.5 Å². The fourth-order valence-electron chi connectivity index (χ4n) is 1.82. The first-order valence-corrected chi connectivity index (χ1v) is 6.01. The Hall–Kier alpha value is -2.23. The van der Waals surface area contributed by atoms with Crippen molar-refractivity contribution in [2.24, 2.45) is 0 Å². The van der Waals surface area contributed by atoms with Crippen molar-refractivity contribution in [1.29, 1.82) is 0 Å². The summed E-state index contributed by atoms with van der Waals surface area (Å²) in [4.78, 5) is 6.49. The molecule has 0 saturated heterocycles. The second-order valence-electron chi connectivity index (χ2n) is 4.36. The van der Waals surface area contributed by atoms with Gasteiger partial charge in [0.15, 0.2) is 0 Å². The molecule has 1 aromatic carbocycles. The summed E-state index contributed by atoms with van der Waals surface area (Å²) < 4.78 is 10.6. The number of pyridine rings is 1. The number of hydrogen-bond acceptors (Lipinski definition) is 4. The molecule has 0 aliphatic carbocycles. The molecule has 0 aliphatic rings. The molecular weight excluding hydrogens is 240 g/mol. The van der Waals surface area contributed by atoms with Crippen LogP contribution < -0.4 is 14.4 Å². The van der Waals surface area contributed by atoms with E-state index in [1.54, 1.807) is 14.2 Å². The van der Waals surface area contributed by atoms with Gasteiger partial charge >= 0.3 is 0 Å².